The minimum atomic E-state index is 0.444. The monoisotopic (exact) mass is 233 g/mol. The largest absolute Gasteiger partial charge is 0.463 e. The molecule has 0 atom stereocenters. The number of halogens is 1. The Morgan fingerprint density at radius 3 is 2.94 bits per heavy atom. The average Bonchev–Trinajstić information content (AvgIpc) is 2.87. The maximum Gasteiger partial charge on any atom is 0.154 e. The van der Waals surface area contributed by atoms with E-state index in [1.54, 1.807) is 16.8 Å². The molecule has 3 aromatic rings. The van der Waals surface area contributed by atoms with Crippen LogP contribution in [0.2, 0.25) is 5.15 Å². The minimum Gasteiger partial charge on any atom is -0.463 e. The standard InChI is InChI=1S/C11H8ClN3O/c1-7-11(8-3-2-6-16-8)13-10-5-4-9(12)14-15(7)10/h2-6H,1H3. The van der Waals surface area contributed by atoms with Gasteiger partial charge in [0.1, 0.15) is 10.8 Å². The van der Waals surface area contributed by atoms with Crippen molar-refractivity contribution in [1.82, 2.24) is 14.6 Å². The molecule has 0 saturated heterocycles. The lowest BCUT2D eigenvalue weighted by atomic mass is 10.3. The van der Waals surface area contributed by atoms with Gasteiger partial charge in [0.05, 0.1) is 12.0 Å². The van der Waals surface area contributed by atoms with Gasteiger partial charge in [0, 0.05) is 0 Å². The molecule has 0 saturated carbocycles. The highest BCUT2D eigenvalue weighted by atomic mass is 35.5. The summed E-state index contributed by atoms with van der Waals surface area (Å²) in [6.07, 6.45) is 1.62. The van der Waals surface area contributed by atoms with E-state index < -0.39 is 0 Å². The van der Waals surface area contributed by atoms with Crippen molar-refractivity contribution < 1.29 is 4.42 Å². The number of rotatable bonds is 1. The number of furan rings is 1. The van der Waals surface area contributed by atoms with Gasteiger partial charge in [-0.2, -0.15) is 5.10 Å². The molecule has 80 valence electrons. The number of hydrogen-bond acceptors (Lipinski definition) is 3. The van der Waals surface area contributed by atoms with Crippen LogP contribution in [0.5, 0.6) is 0 Å². The van der Waals surface area contributed by atoms with Crippen molar-refractivity contribution >= 4 is 17.2 Å². The summed E-state index contributed by atoms with van der Waals surface area (Å²) in [4.78, 5) is 4.44. The van der Waals surface area contributed by atoms with E-state index in [0.717, 1.165) is 22.8 Å². The zero-order valence-electron chi connectivity index (χ0n) is 8.51. The molecule has 0 aliphatic rings. The first kappa shape index (κ1) is 9.42. The van der Waals surface area contributed by atoms with Gasteiger partial charge >= 0.3 is 0 Å². The topological polar surface area (TPSA) is 43.3 Å². The molecule has 0 fully saturated rings. The maximum atomic E-state index is 5.84. The van der Waals surface area contributed by atoms with E-state index in [9.17, 15) is 0 Å². The third-order valence-corrected chi connectivity index (χ3v) is 2.63. The zero-order valence-corrected chi connectivity index (χ0v) is 9.27. The Balaban J connectivity index is 2.32. The van der Waals surface area contributed by atoms with Crippen molar-refractivity contribution in [2.75, 3.05) is 0 Å². The van der Waals surface area contributed by atoms with Crippen molar-refractivity contribution in [3.63, 3.8) is 0 Å². The van der Waals surface area contributed by atoms with E-state index in [2.05, 4.69) is 10.1 Å². The molecule has 3 rings (SSSR count). The Morgan fingerprint density at radius 2 is 2.19 bits per heavy atom. The Hall–Kier alpha value is -1.81. The molecular weight excluding hydrogens is 226 g/mol. The lowest BCUT2D eigenvalue weighted by Crippen LogP contribution is -1.93. The fraction of sp³-hybridized carbons (Fsp3) is 0.0909. The highest BCUT2D eigenvalue weighted by molar-refractivity contribution is 6.29. The summed E-state index contributed by atoms with van der Waals surface area (Å²) in [5, 5.41) is 4.63. The maximum absolute atomic E-state index is 5.84. The summed E-state index contributed by atoms with van der Waals surface area (Å²) in [7, 11) is 0. The van der Waals surface area contributed by atoms with Crippen LogP contribution in [-0.2, 0) is 0 Å². The molecule has 0 bridgehead atoms. The smallest absolute Gasteiger partial charge is 0.154 e. The third kappa shape index (κ3) is 1.31. The molecule has 3 aromatic heterocycles. The molecule has 4 nitrogen and oxygen atoms in total. The summed E-state index contributed by atoms with van der Waals surface area (Å²) in [5.74, 6) is 0.735. The predicted octanol–water partition coefficient (Wildman–Crippen LogP) is 2.95. The van der Waals surface area contributed by atoms with Gasteiger partial charge in [0.2, 0.25) is 0 Å². The number of fused-ring (bicyclic) bond motifs is 1. The summed E-state index contributed by atoms with van der Waals surface area (Å²) in [6.45, 7) is 1.93. The van der Waals surface area contributed by atoms with Crippen LogP contribution in [0.4, 0.5) is 0 Å². The van der Waals surface area contributed by atoms with Crippen molar-refractivity contribution in [2.45, 2.75) is 6.92 Å². The number of nitrogens with zero attached hydrogens (tertiary/aromatic N) is 3. The van der Waals surface area contributed by atoms with E-state index in [1.807, 2.05) is 25.1 Å². The van der Waals surface area contributed by atoms with E-state index in [-0.39, 0.29) is 0 Å². The van der Waals surface area contributed by atoms with Crippen LogP contribution in [0, 0.1) is 6.92 Å². The molecule has 5 heteroatoms. The zero-order chi connectivity index (χ0) is 11.1. The SMILES string of the molecule is Cc1c(-c2ccco2)nc2ccc(Cl)nn12. The molecule has 0 amide bonds. The minimum absolute atomic E-state index is 0.444. The Bertz CT molecular complexity index is 643. The van der Waals surface area contributed by atoms with Crippen LogP contribution in [0.15, 0.2) is 34.9 Å². The van der Waals surface area contributed by atoms with E-state index in [1.165, 1.54) is 0 Å². The van der Waals surface area contributed by atoms with E-state index >= 15 is 0 Å². The van der Waals surface area contributed by atoms with E-state index in [4.69, 9.17) is 16.0 Å². The van der Waals surface area contributed by atoms with Crippen molar-refractivity contribution in [3.8, 4) is 11.5 Å². The summed E-state index contributed by atoms with van der Waals surface area (Å²) in [5.41, 5.74) is 2.46. The molecule has 0 unspecified atom stereocenters. The van der Waals surface area contributed by atoms with Crippen LogP contribution in [0.1, 0.15) is 5.69 Å². The number of aromatic nitrogens is 3. The second-order valence-electron chi connectivity index (χ2n) is 3.45. The van der Waals surface area contributed by atoms with Gasteiger partial charge < -0.3 is 4.42 Å². The van der Waals surface area contributed by atoms with Crippen molar-refractivity contribution in [1.29, 1.82) is 0 Å². The normalized spacial score (nSPS) is 11.1. The highest BCUT2D eigenvalue weighted by Gasteiger charge is 2.13. The summed E-state index contributed by atoms with van der Waals surface area (Å²) < 4.78 is 7.03. The Kier molecular flexibility index (Phi) is 1.97. The second-order valence-corrected chi connectivity index (χ2v) is 3.84. The second kappa shape index (κ2) is 3.35. The molecule has 3 heterocycles. The molecule has 0 aliphatic heterocycles. The van der Waals surface area contributed by atoms with Crippen LogP contribution in [-0.4, -0.2) is 14.6 Å². The van der Waals surface area contributed by atoms with Gasteiger partial charge in [-0.05, 0) is 31.2 Å². The fourth-order valence-corrected chi connectivity index (χ4v) is 1.81. The van der Waals surface area contributed by atoms with Crippen molar-refractivity contribution in [3.05, 3.63) is 41.4 Å². The molecule has 0 aliphatic carbocycles. The number of imidazole rings is 1. The molecule has 0 radical (unpaired) electrons. The first-order chi connectivity index (χ1) is 7.75. The third-order valence-electron chi connectivity index (χ3n) is 2.42. The fourth-order valence-electron chi connectivity index (χ4n) is 1.67. The van der Waals surface area contributed by atoms with Gasteiger partial charge in [0.25, 0.3) is 0 Å². The Labute approximate surface area is 96.5 Å². The number of hydrogen-bond donors (Lipinski definition) is 0. The van der Waals surface area contributed by atoms with Crippen LogP contribution in [0.3, 0.4) is 0 Å². The average molecular weight is 234 g/mol. The van der Waals surface area contributed by atoms with E-state index in [0.29, 0.717) is 5.15 Å². The number of aryl methyl sites for hydroxylation is 1. The Morgan fingerprint density at radius 1 is 1.31 bits per heavy atom. The van der Waals surface area contributed by atoms with Gasteiger partial charge in [-0.1, -0.05) is 11.6 Å². The molecule has 0 N–H and O–H groups in total. The van der Waals surface area contributed by atoms with Gasteiger partial charge in [0.15, 0.2) is 11.4 Å². The quantitative estimate of drug-likeness (QED) is 0.649. The van der Waals surface area contributed by atoms with Crippen LogP contribution < -0.4 is 0 Å². The lowest BCUT2D eigenvalue weighted by molar-refractivity contribution is 0.580. The van der Waals surface area contributed by atoms with Crippen LogP contribution in [0.25, 0.3) is 17.1 Å². The molecular formula is C11H8ClN3O. The molecule has 0 spiro atoms. The van der Waals surface area contributed by atoms with Crippen molar-refractivity contribution in [2.24, 2.45) is 0 Å². The van der Waals surface area contributed by atoms with Gasteiger partial charge in [-0.3, -0.25) is 0 Å². The lowest BCUT2D eigenvalue weighted by Gasteiger charge is -1.95. The van der Waals surface area contributed by atoms with Crippen LogP contribution >= 0.6 is 11.6 Å². The molecule has 16 heavy (non-hydrogen) atoms. The highest BCUT2D eigenvalue weighted by Crippen LogP contribution is 2.23. The predicted molar refractivity (Wildman–Crippen MR) is 60.4 cm³/mol. The van der Waals surface area contributed by atoms with Gasteiger partial charge in [-0.25, -0.2) is 9.50 Å². The summed E-state index contributed by atoms with van der Waals surface area (Å²) in [6, 6.07) is 7.25. The summed E-state index contributed by atoms with van der Waals surface area (Å²) >= 11 is 5.84. The first-order valence-electron chi connectivity index (χ1n) is 4.81. The molecule has 0 aromatic carbocycles. The van der Waals surface area contributed by atoms with Gasteiger partial charge in [-0.15, -0.1) is 0 Å². The first-order valence-corrected chi connectivity index (χ1v) is 5.19.